The van der Waals surface area contributed by atoms with Crippen LogP contribution in [0.25, 0.3) is 11.3 Å². The lowest BCUT2D eigenvalue weighted by molar-refractivity contribution is -0.0383. The lowest BCUT2D eigenvalue weighted by Crippen LogP contribution is -2.20. The molecule has 6 nitrogen and oxygen atoms in total. The monoisotopic (exact) mass is 415 g/mol. The first-order valence-corrected chi connectivity index (χ1v) is 9.65. The van der Waals surface area contributed by atoms with E-state index in [9.17, 15) is 8.78 Å². The summed E-state index contributed by atoms with van der Waals surface area (Å²) in [5, 5.41) is 7.93. The van der Waals surface area contributed by atoms with E-state index in [0.29, 0.717) is 28.6 Å². The van der Waals surface area contributed by atoms with Gasteiger partial charge in [0, 0.05) is 18.4 Å². The van der Waals surface area contributed by atoms with Crippen molar-refractivity contribution in [1.29, 1.82) is 0 Å². The highest BCUT2D eigenvalue weighted by Gasteiger charge is 2.29. The number of benzene rings is 1. The van der Waals surface area contributed by atoms with Crippen molar-refractivity contribution in [2.75, 3.05) is 11.9 Å². The Hall–Kier alpha value is -2.84. The number of rotatable bonds is 2. The lowest BCUT2D eigenvalue weighted by atomic mass is 10.1. The maximum absolute atomic E-state index is 14.4. The molecule has 0 spiro atoms. The molecule has 9 heteroatoms. The molecule has 0 aliphatic carbocycles. The normalized spacial score (nSPS) is 18.3. The first kappa shape index (κ1) is 18.2. The number of pyridine rings is 1. The van der Waals surface area contributed by atoms with E-state index < -0.39 is 11.6 Å². The Bertz CT molecular complexity index is 1100. The van der Waals surface area contributed by atoms with E-state index in [4.69, 9.17) is 16.3 Å². The number of hydrogen-bond donors (Lipinski definition) is 1. The molecule has 0 bridgehead atoms. The fourth-order valence-electron chi connectivity index (χ4n) is 3.66. The van der Waals surface area contributed by atoms with Crippen LogP contribution >= 0.6 is 11.6 Å². The average molecular weight is 416 g/mol. The van der Waals surface area contributed by atoms with E-state index >= 15 is 0 Å². The number of halogens is 3. The van der Waals surface area contributed by atoms with Crippen molar-refractivity contribution in [3.63, 3.8) is 0 Å². The molecule has 3 aromatic rings. The zero-order chi connectivity index (χ0) is 20.0. The molecule has 1 aromatic carbocycles. The second-order valence-electron chi connectivity index (χ2n) is 6.88. The Morgan fingerprint density at radius 1 is 1.17 bits per heavy atom. The van der Waals surface area contributed by atoms with Gasteiger partial charge in [-0.25, -0.2) is 23.4 Å². The fraction of sp³-hybridized carbons (Fsp3) is 0.250. The van der Waals surface area contributed by atoms with Crippen LogP contribution in [0.4, 0.5) is 20.3 Å². The predicted molar refractivity (Wildman–Crippen MR) is 105 cm³/mol. The van der Waals surface area contributed by atoms with Gasteiger partial charge in [0.2, 0.25) is 0 Å². The van der Waals surface area contributed by atoms with Gasteiger partial charge in [0.1, 0.15) is 17.5 Å². The van der Waals surface area contributed by atoms with Gasteiger partial charge in [-0.3, -0.25) is 0 Å². The summed E-state index contributed by atoms with van der Waals surface area (Å²) >= 11 is 6.19. The predicted octanol–water partition coefficient (Wildman–Crippen LogP) is 5.08. The molecule has 0 amide bonds. The first-order valence-electron chi connectivity index (χ1n) is 9.27. The number of hydrogen-bond acceptors (Lipinski definition) is 5. The number of fused-ring (bicyclic) bond motifs is 3. The van der Waals surface area contributed by atoms with E-state index in [1.54, 1.807) is 16.9 Å². The van der Waals surface area contributed by atoms with Crippen LogP contribution in [0, 0.1) is 11.6 Å². The highest BCUT2D eigenvalue weighted by molar-refractivity contribution is 6.31. The van der Waals surface area contributed by atoms with Gasteiger partial charge in [0.25, 0.3) is 0 Å². The molecule has 0 saturated carbocycles. The zero-order valence-electron chi connectivity index (χ0n) is 15.2. The molecule has 1 saturated heterocycles. The van der Waals surface area contributed by atoms with Crippen molar-refractivity contribution in [3.8, 4) is 11.3 Å². The number of aliphatic imine (C=N–C) groups is 1. The van der Waals surface area contributed by atoms with Crippen molar-refractivity contribution in [3.05, 3.63) is 58.9 Å². The third-order valence-corrected chi connectivity index (χ3v) is 5.19. The van der Waals surface area contributed by atoms with Crippen LogP contribution in [0.1, 0.15) is 31.1 Å². The lowest BCUT2D eigenvalue weighted by Gasteiger charge is -2.24. The first-order chi connectivity index (χ1) is 14.1. The molecule has 2 aromatic heterocycles. The van der Waals surface area contributed by atoms with Crippen LogP contribution in [-0.2, 0) is 4.74 Å². The Morgan fingerprint density at radius 2 is 2.00 bits per heavy atom. The largest absolute Gasteiger partial charge is 0.356 e. The van der Waals surface area contributed by atoms with E-state index in [-0.39, 0.29) is 23.4 Å². The molecule has 1 atom stereocenters. The summed E-state index contributed by atoms with van der Waals surface area (Å²) in [7, 11) is 0. The third-order valence-electron chi connectivity index (χ3n) is 4.98. The Labute approximate surface area is 170 Å². The summed E-state index contributed by atoms with van der Waals surface area (Å²) in [6.45, 7) is 0.648. The van der Waals surface area contributed by atoms with Gasteiger partial charge in [-0.2, -0.15) is 5.10 Å². The Balaban J connectivity index is 1.71. The van der Waals surface area contributed by atoms with Crippen molar-refractivity contribution in [2.45, 2.75) is 25.5 Å². The van der Waals surface area contributed by atoms with E-state index in [1.165, 1.54) is 24.4 Å². The SMILES string of the molecule is Fc1cccc(F)c1C1=Nc2ncc(Cl)cc2-c2c(cnn2C2CCCCO2)N1. The van der Waals surface area contributed by atoms with Gasteiger partial charge in [-0.15, -0.1) is 0 Å². The average Bonchev–Trinajstić information content (AvgIpc) is 3.06. The van der Waals surface area contributed by atoms with Gasteiger partial charge < -0.3 is 10.1 Å². The molecule has 1 unspecified atom stereocenters. The van der Waals surface area contributed by atoms with Gasteiger partial charge in [0.15, 0.2) is 12.0 Å². The van der Waals surface area contributed by atoms with Crippen LogP contribution < -0.4 is 5.32 Å². The molecule has 2 aliphatic rings. The fourth-order valence-corrected chi connectivity index (χ4v) is 3.81. The summed E-state index contributed by atoms with van der Waals surface area (Å²) in [6.07, 6.45) is 5.64. The number of amidine groups is 1. The van der Waals surface area contributed by atoms with Crippen LogP contribution in [0.3, 0.4) is 0 Å². The number of anilines is 1. The quantitative estimate of drug-likeness (QED) is 0.634. The van der Waals surface area contributed by atoms with Gasteiger partial charge in [-0.05, 0) is 37.5 Å². The van der Waals surface area contributed by atoms with Crippen molar-refractivity contribution < 1.29 is 13.5 Å². The van der Waals surface area contributed by atoms with Crippen molar-refractivity contribution >= 4 is 28.9 Å². The van der Waals surface area contributed by atoms with Gasteiger partial charge in [0.05, 0.1) is 28.2 Å². The minimum absolute atomic E-state index is 0.0135. The Morgan fingerprint density at radius 3 is 2.76 bits per heavy atom. The van der Waals surface area contributed by atoms with Crippen LogP contribution in [-0.4, -0.2) is 27.2 Å². The second kappa shape index (κ2) is 7.20. The molecule has 2 aliphatic heterocycles. The molecule has 29 heavy (non-hydrogen) atoms. The zero-order valence-corrected chi connectivity index (χ0v) is 16.0. The highest BCUT2D eigenvalue weighted by atomic mass is 35.5. The molecule has 4 heterocycles. The van der Waals surface area contributed by atoms with Crippen LogP contribution in [0.15, 0.2) is 41.7 Å². The number of nitrogens with one attached hydrogen (secondary N) is 1. The second-order valence-corrected chi connectivity index (χ2v) is 7.32. The summed E-state index contributed by atoms with van der Waals surface area (Å²) < 4.78 is 36.5. The third kappa shape index (κ3) is 3.18. The van der Waals surface area contributed by atoms with Crippen molar-refractivity contribution in [1.82, 2.24) is 14.8 Å². The summed E-state index contributed by atoms with van der Waals surface area (Å²) in [4.78, 5) is 8.71. The summed E-state index contributed by atoms with van der Waals surface area (Å²) in [5.41, 5.74) is 1.56. The summed E-state index contributed by atoms with van der Waals surface area (Å²) in [6, 6.07) is 5.39. The van der Waals surface area contributed by atoms with Crippen LogP contribution in [0.2, 0.25) is 5.02 Å². The minimum atomic E-state index is -0.724. The standard InChI is InChI=1S/C20H16ClF2N5O/c21-11-8-12-18-15(10-25-28(18)16-6-1-2-7-29-16)26-20(27-19(12)24-9-11)17-13(22)4-3-5-14(17)23/h3-5,8-10,16H,1-2,6-7H2,(H,24,26,27). The Kier molecular flexibility index (Phi) is 4.52. The molecule has 5 rings (SSSR count). The minimum Gasteiger partial charge on any atom is -0.356 e. The maximum Gasteiger partial charge on any atom is 0.163 e. The van der Waals surface area contributed by atoms with E-state index in [1.807, 2.05) is 0 Å². The summed E-state index contributed by atoms with van der Waals surface area (Å²) in [5.74, 6) is -1.15. The van der Waals surface area contributed by atoms with E-state index in [2.05, 4.69) is 20.4 Å². The van der Waals surface area contributed by atoms with Crippen molar-refractivity contribution in [2.24, 2.45) is 4.99 Å². The highest BCUT2D eigenvalue weighted by Crippen LogP contribution is 2.41. The van der Waals surface area contributed by atoms with Crippen LogP contribution in [0.5, 0.6) is 0 Å². The molecule has 1 N–H and O–H groups in total. The number of ether oxygens (including phenoxy) is 1. The molecular weight excluding hydrogens is 400 g/mol. The molecule has 1 fully saturated rings. The van der Waals surface area contributed by atoms with Gasteiger partial charge >= 0.3 is 0 Å². The van der Waals surface area contributed by atoms with E-state index in [0.717, 1.165) is 19.3 Å². The number of nitrogens with zero attached hydrogens (tertiary/aromatic N) is 4. The smallest absolute Gasteiger partial charge is 0.163 e. The molecule has 148 valence electrons. The molecule has 0 radical (unpaired) electrons. The number of aromatic nitrogens is 3. The van der Waals surface area contributed by atoms with Gasteiger partial charge in [-0.1, -0.05) is 17.7 Å². The maximum atomic E-state index is 14.4. The topological polar surface area (TPSA) is 64.3 Å². The molecular formula is C20H16ClF2N5O.